The second-order valence-electron chi connectivity index (χ2n) is 4.47. The van der Waals surface area contributed by atoms with Gasteiger partial charge in [-0.05, 0) is 30.0 Å². The van der Waals surface area contributed by atoms with Gasteiger partial charge in [0.05, 0.1) is 17.5 Å². The molecule has 21 heavy (non-hydrogen) atoms. The molecular formula is C15H15ClN2O2S. The molecule has 1 heterocycles. The molecule has 0 radical (unpaired) electrons. The van der Waals surface area contributed by atoms with Crippen LogP contribution in [0, 0.1) is 0 Å². The maximum atomic E-state index is 11.8. The summed E-state index contributed by atoms with van der Waals surface area (Å²) in [6.45, 7) is 1.78. The Morgan fingerprint density at radius 3 is 2.67 bits per heavy atom. The third kappa shape index (κ3) is 4.31. The van der Waals surface area contributed by atoms with Crippen molar-refractivity contribution in [1.82, 2.24) is 10.6 Å². The van der Waals surface area contributed by atoms with Gasteiger partial charge in [-0.2, -0.15) is 0 Å². The zero-order valence-electron chi connectivity index (χ0n) is 11.4. The lowest BCUT2D eigenvalue weighted by Crippen LogP contribution is -2.37. The SMILES string of the molecule is CC(NC(=O)CNC(=O)c1cccs1)c1ccccc1Cl. The summed E-state index contributed by atoms with van der Waals surface area (Å²) in [7, 11) is 0. The quantitative estimate of drug-likeness (QED) is 0.889. The molecule has 4 nitrogen and oxygen atoms in total. The lowest BCUT2D eigenvalue weighted by atomic mass is 10.1. The van der Waals surface area contributed by atoms with E-state index in [0.29, 0.717) is 9.90 Å². The molecule has 0 saturated carbocycles. The van der Waals surface area contributed by atoms with Gasteiger partial charge in [0.15, 0.2) is 0 Å². The average Bonchev–Trinajstić information content (AvgIpc) is 2.99. The summed E-state index contributed by atoms with van der Waals surface area (Å²) in [5, 5.41) is 7.80. The van der Waals surface area contributed by atoms with E-state index in [1.807, 2.05) is 30.5 Å². The molecule has 2 N–H and O–H groups in total. The number of carbonyl (C=O) groups excluding carboxylic acids is 2. The summed E-state index contributed by atoms with van der Waals surface area (Å²) < 4.78 is 0. The van der Waals surface area contributed by atoms with E-state index in [-0.39, 0.29) is 24.4 Å². The molecule has 0 fully saturated rings. The summed E-state index contributed by atoms with van der Waals surface area (Å²) in [6.07, 6.45) is 0. The first-order chi connectivity index (χ1) is 10.1. The predicted molar refractivity (Wildman–Crippen MR) is 84.7 cm³/mol. The Labute approximate surface area is 132 Å². The number of nitrogens with one attached hydrogen (secondary N) is 2. The molecule has 0 aliphatic rings. The second kappa shape index (κ2) is 7.24. The molecular weight excluding hydrogens is 308 g/mol. The maximum Gasteiger partial charge on any atom is 0.261 e. The topological polar surface area (TPSA) is 58.2 Å². The van der Waals surface area contributed by atoms with Gasteiger partial charge in [0.25, 0.3) is 5.91 Å². The van der Waals surface area contributed by atoms with Crippen LogP contribution in [0.3, 0.4) is 0 Å². The maximum absolute atomic E-state index is 11.8. The zero-order valence-corrected chi connectivity index (χ0v) is 13.0. The van der Waals surface area contributed by atoms with Gasteiger partial charge in [0.1, 0.15) is 0 Å². The number of amides is 2. The molecule has 0 aliphatic carbocycles. The molecule has 2 amide bonds. The molecule has 2 rings (SSSR count). The lowest BCUT2D eigenvalue weighted by molar-refractivity contribution is -0.120. The molecule has 110 valence electrons. The zero-order chi connectivity index (χ0) is 15.2. The van der Waals surface area contributed by atoms with Gasteiger partial charge in [0.2, 0.25) is 5.91 Å². The van der Waals surface area contributed by atoms with Crippen LogP contribution in [0.5, 0.6) is 0 Å². The van der Waals surface area contributed by atoms with E-state index in [2.05, 4.69) is 10.6 Å². The van der Waals surface area contributed by atoms with Gasteiger partial charge in [0, 0.05) is 5.02 Å². The van der Waals surface area contributed by atoms with Crippen molar-refractivity contribution < 1.29 is 9.59 Å². The van der Waals surface area contributed by atoms with Gasteiger partial charge in [-0.3, -0.25) is 9.59 Å². The fraction of sp³-hybridized carbons (Fsp3) is 0.200. The molecule has 2 aromatic rings. The Morgan fingerprint density at radius 2 is 2.00 bits per heavy atom. The summed E-state index contributed by atoms with van der Waals surface area (Å²) in [6, 6.07) is 10.6. The normalized spacial score (nSPS) is 11.7. The highest BCUT2D eigenvalue weighted by molar-refractivity contribution is 7.12. The Bertz CT molecular complexity index is 628. The van der Waals surface area contributed by atoms with Crippen molar-refractivity contribution in [3.8, 4) is 0 Å². The van der Waals surface area contributed by atoms with E-state index in [1.165, 1.54) is 11.3 Å². The molecule has 1 aromatic carbocycles. The number of halogens is 1. The Kier molecular flexibility index (Phi) is 5.36. The number of hydrogen-bond acceptors (Lipinski definition) is 3. The summed E-state index contributed by atoms with van der Waals surface area (Å²) in [5.74, 6) is -0.502. The molecule has 1 atom stereocenters. The van der Waals surface area contributed by atoms with Crippen LogP contribution < -0.4 is 10.6 Å². The fourth-order valence-electron chi connectivity index (χ4n) is 1.85. The number of hydrogen-bond donors (Lipinski definition) is 2. The molecule has 1 unspecified atom stereocenters. The van der Waals surface area contributed by atoms with Crippen LogP contribution in [0.4, 0.5) is 0 Å². The van der Waals surface area contributed by atoms with Crippen molar-refractivity contribution in [3.05, 3.63) is 57.2 Å². The second-order valence-corrected chi connectivity index (χ2v) is 5.83. The first-order valence-electron chi connectivity index (χ1n) is 6.43. The van der Waals surface area contributed by atoms with E-state index < -0.39 is 0 Å². The number of benzene rings is 1. The minimum atomic E-state index is -0.257. The Hall–Kier alpha value is -1.85. The first-order valence-corrected chi connectivity index (χ1v) is 7.69. The predicted octanol–water partition coefficient (Wildman–Crippen LogP) is 3.01. The Balaban J connectivity index is 1.85. The monoisotopic (exact) mass is 322 g/mol. The molecule has 0 bridgehead atoms. The first kappa shape index (κ1) is 15.5. The minimum absolute atomic E-state index is 0.0640. The van der Waals surface area contributed by atoms with E-state index in [4.69, 9.17) is 11.6 Å². The summed E-state index contributed by atoms with van der Waals surface area (Å²) in [4.78, 5) is 24.2. The average molecular weight is 323 g/mol. The van der Waals surface area contributed by atoms with Crippen molar-refractivity contribution in [2.45, 2.75) is 13.0 Å². The summed E-state index contributed by atoms with van der Waals surface area (Å²) in [5.41, 5.74) is 0.845. The van der Waals surface area contributed by atoms with E-state index in [0.717, 1.165) is 5.56 Å². The third-order valence-corrected chi connectivity index (χ3v) is 4.12. The van der Waals surface area contributed by atoms with Gasteiger partial charge in [-0.25, -0.2) is 0 Å². The highest BCUT2D eigenvalue weighted by atomic mass is 35.5. The van der Waals surface area contributed by atoms with Crippen LogP contribution in [0.2, 0.25) is 5.02 Å². The molecule has 6 heteroatoms. The summed E-state index contributed by atoms with van der Waals surface area (Å²) >= 11 is 7.41. The van der Waals surface area contributed by atoms with Crippen molar-refractivity contribution in [2.24, 2.45) is 0 Å². The van der Waals surface area contributed by atoms with E-state index >= 15 is 0 Å². The van der Waals surface area contributed by atoms with Crippen LogP contribution in [-0.2, 0) is 4.79 Å². The van der Waals surface area contributed by atoms with Crippen LogP contribution >= 0.6 is 22.9 Å². The van der Waals surface area contributed by atoms with E-state index in [1.54, 1.807) is 18.2 Å². The van der Waals surface area contributed by atoms with Crippen LogP contribution in [-0.4, -0.2) is 18.4 Å². The van der Waals surface area contributed by atoms with Gasteiger partial charge in [-0.15, -0.1) is 11.3 Å². The highest BCUT2D eigenvalue weighted by Crippen LogP contribution is 2.21. The van der Waals surface area contributed by atoms with Gasteiger partial charge < -0.3 is 10.6 Å². The number of carbonyl (C=O) groups is 2. The number of rotatable bonds is 5. The van der Waals surface area contributed by atoms with Crippen molar-refractivity contribution in [2.75, 3.05) is 6.54 Å². The standard InChI is InChI=1S/C15H15ClN2O2S/c1-10(11-5-2-3-6-12(11)16)18-14(19)9-17-15(20)13-7-4-8-21-13/h2-8,10H,9H2,1H3,(H,17,20)(H,18,19). The van der Waals surface area contributed by atoms with Gasteiger partial charge >= 0.3 is 0 Å². The molecule has 0 aliphatic heterocycles. The lowest BCUT2D eigenvalue weighted by Gasteiger charge is -2.15. The third-order valence-electron chi connectivity index (χ3n) is 2.90. The molecule has 1 aromatic heterocycles. The van der Waals surface area contributed by atoms with Crippen LogP contribution in [0.15, 0.2) is 41.8 Å². The Morgan fingerprint density at radius 1 is 1.24 bits per heavy atom. The van der Waals surface area contributed by atoms with Crippen LogP contribution in [0.25, 0.3) is 0 Å². The molecule has 0 saturated heterocycles. The number of thiophene rings is 1. The van der Waals surface area contributed by atoms with Gasteiger partial charge in [-0.1, -0.05) is 35.9 Å². The van der Waals surface area contributed by atoms with Crippen molar-refractivity contribution >= 4 is 34.8 Å². The molecule has 0 spiro atoms. The van der Waals surface area contributed by atoms with Crippen molar-refractivity contribution in [3.63, 3.8) is 0 Å². The fourth-order valence-corrected chi connectivity index (χ4v) is 2.79. The van der Waals surface area contributed by atoms with Crippen molar-refractivity contribution in [1.29, 1.82) is 0 Å². The smallest absolute Gasteiger partial charge is 0.261 e. The van der Waals surface area contributed by atoms with E-state index in [9.17, 15) is 9.59 Å². The van der Waals surface area contributed by atoms with Crippen LogP contribution in [0.1, 0.15) is 28.2 Å². The largest absolute Gasteiger partial charge is 0.348 e. The minimum Gasteiger partial charge on any atom is -0.348 e. The highest BCUT2D eigenvalue weighted by Gasteiger charge is 2.13.